The summed E-state index contributed by atoms with van der Waals surface area (Å²) in [5, 5.41) is 9.19. The Morgan fingerprint density at radius 1 is 0.900 bits per heavy atom. The third-order valence-corrected chi connectivity index (χ3v) is 7.88. The number of aliphatic hydroxyl groups excluding tert-OH is 1. The third-order valence-electron chi connectivity index (χ3n) is 7.88. The molecular formula is C33H43NO6. The normalized spacial score (nSPS) is 18.1. The van der Waals surface area contributed by atoms with Gasteiger partial charge >= 0.3 is 0 Å². The van der Waals surface area contributed by atoms with Crippen molar-refractivity contribution in [2.24, 2.45) is 0 Å². The largest absolute Gasteiger partial charge is 0.492 e. The van der Waals surface area contributed by atoms with Crippen molar-refractivity contribution in [3.63, 3.8) is 0 Å². The molecule has 216 valence electrons. The van der Waals surface area contributed by atoms with Gasteiger partial charge in [0, 0.05) is 50.9 Å². The summed E-state index contributed by atoms with van der Waals surface area (Å²) >= 11 is 0. The number of benzene rings is 3. The van der Waals surface area contributed by atoms with Crippen LogP contribution in [0, 0.1) is 0 Å². The Labute approximate surface area is 238 Å². The Morgan fingerprint density at radius 3 is 2.25 bits per heavy atom. The first-order chi connectivity index (χ1) is 19.5. The van der Waals surface area contributed by atoms with Crippen LogP contribution in [-0.2, 0) is 21.3 Å². The predicted molar refractivity (Wildman–Crippen MR) is 158 cm³/mol. The van der Waals surface area contributed by atoms with Gasteiger partial charge in [-0.1, -0.05) is 43.7 Å². The van der Waals surface area contributed by atoms with Crippen LogP contribution in [-0.4, -0.2) is 59.7 Å². The highest BCUT2D eigenvalue weighted by Crippen LogP contribution is 2.50. The predicted octanol–water partition coefficient (Wildman–Crippen LogP) is 5.93. The lowest BCUT2D eigenvalue weighted by Gasteiger charge is -2.43. The molecule has 0 radical (unpaired) electrons. The lowest BCUT2D eigenvalue weighted by molar-refractivity contribution is 0.0505. The second-order valence-electron chi connectivity index (χ2n) is 10.6. The topological polar surface area (TPSA) is 69.6 Å². The lowest BCUT2D eigenvalue weighted by Crippen LogP contribution is -2.40. The molecule has 2 atom stereocenters. The number of rotatable bonds is 15. The van der Waals surface area contributed by atoms with Gasteiger partial charge in [0.15, 0.2) is 13.6 Å². The first-order valence-corrected chi connectivity index (χ1v) is 14.0. The molecule has 0 aromatic heterocycles. The van der Waals surface area contributed by atoms with Gasteiger partial charge in [0.2, 0.25) is 0 Å². The summed E-state index contributed by atoms with van der Waals surface area (Å²) in [5.74, 6) is 2.71. The summed E-state index contributed by atoms with van der Waals surface area (Å²) in [6.45, 7) is 4.11. The van der Waals surface area contributed by atoms with E-state index in [2.05, 4.69) is 54.3 Å². The number of anilines is 1. The lowest BCUT2D eigenvalue weighted by atomic mass is 9.66. The molecule has 1 aliphatic rings. The third kappa shape index (κ3) is 7.27. The Hall–Kier alpha value is -3.26. The van der Waals surface area contributed by atoms with Gasteiger partial charge in [0.1, 0.15) is 17.2 Å². The molecule has 0 unspecified atom stereocenters. The number of fused-ring (bicyclic) bond motifs is 1. The highest BCUT2D eigenvalue weighted by atomic mass is 16.7. The number of ether oxygens (including phenoxy) is 5. The van der Waals surface area contributed by atoms with Crippen molar-refractivity contribution in [1.29, 1.82) is 0 Å². The molecule has 0 saturated heterocycles. The van der Waals surface area contributed by atoms with Crippen LogP contribution in [0.15, 0.2) is 66.7 Å². The van der Waals surface area contributed by atoms with E-state index in [0.717, 1.165) is 48.6 Å². The summed E-state index contributed by atoms with van der Waals surface area (Å²) < 4.78 is 27.8. The zero-order chi connectivity index (χ0) is 28.4. The van der Waals surface area contributed by atoms with E-state index in [0.29, 0.717) is 13.2 Å². The maximum absolute atomic E-state index is 9.19. The van der Waals surface area contributed by atoms with E-state index < -0.39 is 0 Å². The van der Waals surface area contributed by atoms with Gasteiger partial charge in [0.05, 0.1) is 13.2 Å². The summed E-state index contributed by atoms with van der Waals surface area (Å²) in [6, 6.07) is 23.1. The second kappa shape index (κ2) is 14.4. The summed E-state index contributed by atoms with van der Waals surface area (Å²) in [4.78, 5) is 2.06. The van der Waals surface area contributed by atoms with Crippen LogP contribution in [0.4, 0.5) is 5.69 Å². The van der Waals surface area contributed by atoms with Crippen LogP contribution in [0.3, 0.4) is 0 Å². The van der Waals surface area contributed by atoms with Gasteiger partial charge in [-0.05, 0) is 66.3 Å². The molecule has 40 heavy (non-hydrogen) atoms. The Kier molecular flexibility index (Phi) is 10.7. The standard InChI is InChI=1S/C33H43NO6/c1-33(26-11-15-28(16-12-26)39-23-36-3)22-38-32-21-29(40-24-37-4)17-18-30(32)31(33)8-6-5-7-25-9-13-27(14-10-25)34(2)19-20-35/h9-18,21,31,35H,5-8,19-20,22-24H2,1-4H3/t31-,33-/m1/s1. The van der Waals surface area contributed by atoms with Crippen molar-refractivity contribution in [3.8, 4) is 17.2 Å². The molecule has 4 rings (SSSR count). The van der Waals surface area contributed by atoms with E-state index in [4.69, 9.17) is 23.7 Å². The zero-order valence-corrected chi connectivity index (χ0v) is 24.2. The van der Waals surface area contributed by atoms with Gasteiger partial charge in [-0.2, -0.15) is 0 Å². The summed E-state index contributed by atoms with van der Waals surface area (Å²) in [5.41, 5.74) is 4.72. The van der Waals surface area contributed by atoms with E-state index in [1.54, 1.807) is 14.2 Å². The van der Waals surface area contributed by atoms with Crippen LogP contribution < -0.4 is 19.1 Å². The van der Waals surface area contributed by atoms with Gasteiger partial charge < -0.3 is 33.7 Å². The smallest absolute Gasteiger partial charge is 0.188 e. The van der Waals surface area contributed by atoms with Gasteiger partial charge in [-0.25, -0.2) is 0 Å². The van der Waals surface area contributed by atoms with E-state index in [-0.39, 0.29) is 31.5 Å². The number of hydrogen-bond acceptors (Lipinski definition) is 7. The van der Waals surface area contributed by atoms with Crippen molar-refractivity contribution >= 4 is 5.69 Å². The number of methoxy groups -OCH3 is 2. The molecule has 1 N–H and O–H groups in total. The number of aliphatic hydroxyl groups is 1. The number of nitrogens with zero attached hydrogens (tertiary/aromatic N) is 1. The molecule has 0 fully saturated rings. The Morgan fingerprint density at radius 2 is 1.57 bits per heavy atom. The molecule has 7 nitrogen and oxygen atoms in total. The van der Waals surface area contributed by atoms with Gasteiger partial charge in [-0.3, -0.25) is 0 Å². The maximum atomic E-state index is 9.19. The summed E-state index contributed by atoms with van der Waals surface area (Å²) in [6.07, 6.45) is 4.28. The first kappa shape index (κ1) is 29.7. The number of aryl methyl sites for hydroxylation is 1. The molecule has 0 amide bonds. The minimum atomic E-state index is -0.194. The average molecular weight is 550 g/mol. The second-order valence-corrected chi connectivity index (χ2v) is 10.6. The van der Waals surface area contributed by atoms with Crippen LogP contribution in [0.1, 0.15) is 48.8 Å². The molecule has 0 spiro atoms. The molecule has 0 saturated carbocycles. The zero-order valence-electron chi connectivity index (χ0n) is 24.2. The SMILES string of the molecule is COCOc1ccc([C@@]2(C)COc3cc(OCOC)ccc3[C@H]2CCCCc2ccc(N(C)CCO)cc2)cc1. The molecule has 1 heterocycles. The highest BCUT2D eigenvalue weighted by Gasteiger charge is 2.42. The molecule has 0 bridgehead atoms. The van der Waals surface area contributed by atoms with E-state index in [1.165, 1.54) is 16.7 Å². The van der Waals surface area contributed by atoms with E-state index in [9.17, 15) is 5.11 Å². The number of hydrogen-bond donors (Lipinski definition) is 1. The van der Waals surface area contributed by atoms with Crippen molar-refractivity contribution in [3.05, 3.63) is 83.4 Å². The fraction of sp³-hybridized carbons (Fsp3) is 0.455. The van der Waals surface area contributed by atoms with Crippen molar-refractivity contribution < 1.29 is 28.8 Å². The fourth-order valence-electron chi connectivity index (χ4n) is 5.51. The molecule has 0 aliphatic carbocycles. The van der Waals surface area contributed by atoms with E-state index in [1.807, 2.05) is 31.3 Å². The highest BCUT2D eigenvalue weighted by molar-refractivity contribution is 5.49. The Bertz CT molecular complexity index is 1180. The molecule has 3 aromatic carbocycles. The van der Waals surface area contributed by atoms with E-state index >= 15 is 0 Å². The molecule has 7 heteroatoms. The van der Waals surface area contributed by atoms with Crippen LogP contribution in [0.5, 0.6) is 17.2 Å². The monoisotopic (exact) mass is 549 g/mol. The first-order valence-electron chi connectivity index (χ1n) is 14.0. The molecule has 1 aliphatic heterocycles. The van der Waals surface area contributed by atoms with Gasteiger partial charge in [-0.15, -0.1) is 0 Å². The summed E-state index contributed by atoms with van der Waals surface area (Å²) in [7, 11) is 5.24. The number of likely N-dealkylation sites (N-methyl/N-ethyl adjacent to an activating group) is 1. The van der Waals surface area contributed by atoms with Crippen LogP contribution in [0.25, 0.3) is 0 Å². The van der Waals surface area contributed by atoms with Gasteiger partial charge in [0.25, 0.3) is 0 Å². The number of unbranched alkanes of at least 4 members (excludes halogenated alkanes) is 1. The van der Waals surface area contributed by atoms with Crippen molar-refractivity contribution in [2.45, 2.75) is 43.9 Å². The molecule has 3 aromatic rings. The van der Waals surface area contributed by atoms with Crippen molar-refractivity contribution in [2.75, 3.05) is 59.5 Å². The minimum absolute atomic E-state index is 0.153. The fourth-order valence-corrected chi connectivity index (χ4v) is 5.51. The van der Waals surface area contributed by atoms with Crippen LogP contribution >= 0.6 is 0 Å². The maximum Gasteiger partial charge on any atom is 0.188 e. The minimum Gasteiger partial charge on any atom is -0.492 e. The Balaban J connectivity index is 1.49. The van der Waals surface area contributed by atoms with Crippen molar-refractivity contribution in [1.82, 2.24) is 0 Å². The quantitative estimate of drug-likeness (QED) is 0.186. The average Bonchev–Trinajstić information content (AvgIpc) is 2.98. The van der Waals surface area contributed by atoms with Crippen LogP contribution in [0.2, 0.25) is 0 Å². The molecular weight excluding hydrogens is 506 g/mol.